The Kier molecular flexibility index (Phi) is 4.14. The van der Waals surface area contributed by atoms with Gasteiger partial charge < -0.3 is 10.6 Å². The fourth-order valence-corrected chi connectivity index (χ4v) is 1.87. The minimum atomic E-state index is -0.324. The van der Waals surface area contributed by atoms with E-state index in [1.807, 2.05) is 6.07 Å². The van der Waals surface area contributed by atoms with Crippen LogP contribution in [0.4, 0.5) is 5.69 Å². The van der Waals surface area contributed by atoms with Gasteiger partial charge in [0.2, 0.25) is 11.8 Å². The van der Waals surface area contributed by atoms with Crippen molar-refractivity contribution < 1.29 is 9.59 Å². The summed E-state index contributed by atoms with van der Waals surface area (Å²) in [5, 5.41) is 14.1. The van der Waals surface area contributed by atoms with Gasteiger partial charge in [-0.1, -0.05) is 18.6 Å². The number of hydrogen-bond acceptors (Lipinski definition) is 3. The number of nitriles is 1. The minimum Gasteiger partial charge on any atom is -0.347 e. The Hall–Kier alpha value is -2.35. The van der Waals surface area contributed by atoms with Crippen LogP contribution in [0.1, 0.15) is 24.8 Å². The summed E-state index contributed by atoms with van der Waals surface area (Å²) in [7, 11) is 0. The van der Waals surface area contributed by atoms with Crippen LogP contribution in [0.3, 0.4) is 0 Å². The minimum absolute atomic E-state index is 0.0602. The van der Waals surface area contributed by atoms with E-state index in [0.29, 0.717) is 11.3 Å². The maximum atomic E-state index is 11.7. The van der Waals surface area contributed by atoms with Crippen LogP contribution >= 0.6 is 0 Å². The van der Waals surface area contributed by atoms with Crippen molar-refractivity contribution >= 4 is 17.5 Å². The lowest BCUT2D eigenvalue weighted by atomic mass is 9.85. The summed E-state index contributed by atoms with van der Waals surface area (Å²) in [6.07, 6.45) is 2.90. The van der Waals surface area contributed by atoms with Crippen molar-refractivity contribution in [3.8, 4) is 6.07 Å². The Morgan fingerprint density at radius 3 is 2.68 bits per heavy atom. The van der Waals surface area contributed by atoms with Crippen molar-refractivity contribution in [1.29, 1.82) is 5.26 Å². The molecule has 1 aliphatic carbocycles. The maximum absolute atomic E-state index is 11.7. The standard InChI is InChI=1S/C14H15N3O2/c15-8-11-4-1-2-7-12(11)17-13(18)9-16-14(19)10-5-3-6-10/h1-2,4,7,10H,3,5-6,9H2,(H,16,19)(H,17,18). The predicted molar refractivity (Wildman–Crippen MR) is 70.1 cm³/mol. The molecular weight excluding hydrogens is 242 g/mol. The van der Waals surface area contributed by atoms with Crippen molar-refractivity contribution in [3.63, 3.8) is 0 Å². The fraction of sp³-hybridized carbons (Fsp3) is 0.357. The maximum Gasteiger partial charge on any atom is 0.243 e. The van der Waals surface area contributed by atoms with Gasteiger partial charge in [0.15, 0.2) is 0 Å². The number of para-hydroxylation sites is 1. The number of rotatable bonds is 4. The molecule has 1 aromatic carbocycles. The van der Waals surface area contributed by atoms with Gasteiger partial charge in [-0.05, 0) is 25.0 Å². The predicted octanol–water partition coefficient (Wildman–Crippen LogP) is 1.41. The Labute approximate surface area is 111 Å². The van der Waals surface area contributed by atoms with Crippen LogP contribution in [0.15, 0.2) is 24.3 Å². The fourth-order valence-electron chi connectivity index (χ4n) is 1.87. The molecule has 0 saturated heterocycles. The number of nitrogens with one attached hydrogen (secondary N) is 2. The molecule has 1 aliphatic rings. The molecule has 19 heavy (non-hydrogen) atoms. The van der Waals surface area contributed by atoms with Gasteiger partial charge in [-0.3, -0.25) is 9.59 Å². The van der Waals surface area contributed by atoms with E-state index in [-0.39, 0.29) is 24.3 Å². The zero-order valence-corrected chi connectivity index (χ0v) is 10.5. The first-order valence-corrected chi connectivity index (χ1v) is 6.27. The first-order chi connectivity index (χ1) is 9.20. The molecule has 2 N–H and O–H groups in total. The monoisotopic (exact) mass is 257 g/mol. The first kappa shape index (κ1) is 13.1. The van der Waals surface area contributed by atoms with E-state index in [2.05, 4.69) is 10.6 Å². The summed E-state index contributed by atoms with van der Waals surface area (Å²) < 4.78 is 0. The second-order valence-corrected chi connectivity index (χ2v) is 4.55. The summed E-state index contributed by atoms with van der Waals surface area (Å²) in [5.74, 6) is -0.315. The van der Waals surface area contributed by atoms with E-state index in [1.54, 1.807) is 24.3 Å². The number of benzene rings is 1. The van der Waals surface area contributed by atoms with Crippen LogP contribution in [0, 0.1) is 17.2 Å². The van der Waals surface area contributed by atoms with Gasteiger partial charge in [0.25, 0.3) is 0 Å². The molecule has 1 saturated carbocycles. The van der Waals surface area contributed by atoms with Crippen LogP contribution in [0.25, 0.3) is 0 Å². The number of nitrogens with zero attached hydrogens (tertiary/aromatic N) is 1. The SMILES string of the molecule is N#Cc1ccccc1NC(=O)CNC(=O)C1CCC1. The number of amides is 2. The highest BCUT2D eigenvalue weighted by atomic mass is 16.2. The number of carbonyl (C=O) groups excluding carboxylic acids is 2. The van der Waals surface area contributed by atoms with Gasteiger partial charge >= 0.3 is 0 Å². The molecule has 98 valence electrons. The summed E-state index contributed by atoms with van der Waals surface area (Å²) in [5.41, 5.74) is 0.870. The molecule has 0 bridgehead atoms. The van der Waals surface area contributed by atoms with Crippen molar-refractivity contribution in [2.75, 3.05) is 11.9 Å². The highest BCUT2D eigenvalue weighted by Gasteiger charge is 2.25. The Morgan fingerprint density at radius 1 is 1.32 bits per heavy atom. The van der Waals surface area contributed by atoms with E-state index >= 15 is 0 Å². The second-order valence-electron chi connectivity index (χ2n) is 4.55. The van der Waals surface area contributed by atoms with Gasteiger partial charge in [0.05, 0.1) is 17.8 Å². The molecule has 5 heteroatoms. The van der Waals surface area contributed by atoms with E-state index in [0.717, 1.165) is 19.3 Å². The zero-order valence-electron chi connectivity index (χ0n) is 10.5. The summed E-state index contributed by atoms with van der Waals surface area (Å²) in [6.45, 7) is -0.0604. The van der Waals surface area contributed by atoms with E-state index in [1.165, 1.54) is 0 Å². The molecular formula is C14H15N3O2. The lowest BCUT2D eigenvalue weighted by Gasteiger charge is -2.23. The quantitative estimate of drug-likeness (QED) is 0.855. The van der Waals surface area contributed by atoms with Crippen LogP contribution in [0.5, 0.6) is 0 Å². The molecule has 2 amide bonds. The third-order valence-corrected chi connectivity index (χ3v) is 3.22. The molecule has 0 radical (unpaired) electrons. The number of anilines is 1. The molecule has 5 nitrogen and oxygen atoms in total. The molecule has 1 fully saturated rings. The Balaban J connectivity index is 1.84. The normalized spacial score (nSPS) is 14.1. The van der Waals surface area contributed by atoms with Crippen LogP contribution < -0.4 is 10.6 Å². The smallest absolute Gasteiger partial charge is 0.243 e. The molecule has 0 aliphatic heterocycles. The number of hydrogen-bond donors (Lipinski definition) is 2. The Morgan fingerprint density at radius 2 is 2.05 bits per heavy atom. The van der Waals surface area contributed by atoms with Gasteiger partial charge in [-0.2, -0.15) is 5.26 Å². The number of carbonyl (C=O) groups is 2. The van der Waals surface area contributed by atoms with Crippen LogP contribution in [0.2, 0.25) is 0 Å². The third-order valence-electron chi connectivity index (χ3n) is 3.22. The molecule has 0 atom stereocenters. The lowest BCUT2D eigenvalue weighted by molar-refractivity contribution is -0.129. The highest BCUT2D eigenvalue weighted by Crippen LogP contribution is 2.26. The highest BCUT2D eigenvalue weighted by molar-refractivity contribution is 5.95. The van der Waals surface area contributed by atoms with Crippen molar-refractivity contribution in [3.05, 3.63) is 29.8 Å². The van der Waals surface area contributed by atoms with E-state index < -0.39 is 0 Å². The third kappa shape index (κ3) is 3.32. The molecule has 1 aromatic rings. The Bertz CT molecular complexity index is 530. The van der Waals surface area contributed by atoms with Crippen molar-refractivity contribution in [1.82, 2.24) is 5.32 Å². The molecule has 0 heterocycles. The van der Waals surface area contributed by atoms with Gasteiger partial charge in [-0.25, -0.2) is 0 Å². The van der Waals surface area contributed by atoms with E-state index in [4.69, 9.17) is 5.26 Å². The average molecular weight is 257 g/mol. The summed E-state index contributed by atoms with van der Waals surface area (Å²) in [4.78, 5) is 23.2. The lowest BCUT2D eigenvalue weighted by Crippen LogP contribution is -2.39. The van der Waals surface area contributed by atoms with Crippen LogP contribution in [-0.4, -0.2) is 18.4 Å². The largest absolute Gasteiger partial charge is 0.347 e. The van der Waals surface area contributed by atoms with Crippen molar-refractivity contribution in [2.45, 2.75) is 19.3 Å². The molecule has 2 rings (SSSR count). The van der Waals surface area contributed by atoms with E-state index in [9.17, 15) is 9.59 Å². The first-order valence-electron chi connectivity index (χ1n) is 6.27. The van der Waals surface area contributed by atoms with Gasteiger partial charge in [0, 0.05) is 5.92 Å². The summed E-state index contributed by atoms with van der Waals surface area (Å²) in [6, 6.07) is 8.75. The summed E-state index contributed by atoms with van der Waals surface area (Å²) >= 11 is 0. The van der Waals surface area contributed by atoms with Crippen LogP contribution in [-0.2, 0) is 9.59 Å². The molecule has 0 spiro atoms. The topological polar surface area (TPSA) is 82.0 Å². The molecule has 0 unspecified atom stereocenters. The van der Waals surface area contributed by atoms with Gasteiger partial charge in [-0.15, -0.1) is 0 Å². The van der Waals surface area contributed by atoms with Crippen molar-refractivity contribution in [2.24, 2.45) is 5.92 Å². The average Bonchev–Trinajstić information content (AvgIpc) is 2.35. The molecule has 0 aromatic heterocycles. The zero-order chi connectivity index (χ0) is 13.7. The second kappa shape index (κ2) is 6.01. The van der Waals surface area contributed by atoms with Gasteiger partial charge in [0.1, 0.15) is 6.07 Å².